The fourth-order valence-corrected chi connectivity index (χ4v) is 7.04. The van der Waals surface area contributed by atoms with Gasteiger partial charge in [0.05, 0.1) is 18.4 Å². The normalized spacial score (nSPS) is 18.2. The summed E-state index contributed by atoms with van der Waals surface area (Å²) in [4.78, 5) is 35.1. The van der Waals surface area contributed by atoms with Crippen molar-refractivity contribution >= 4 is 31.0 Å². The number of H-pyrrole nitrogens is 1. The molecule has 2 aliphatic carbocycles. The van der Waals surface area contributed by atoms with Crippen molar-refractivity contribution in [3.63, 3.8) is 0 Å². The minimum atomic E-state index is 0. The Bertz CT molecular complexity index is 1340. The number of hydrogen-bond acceptors (Lipinski definition) is 7. The third-order valence-electron chi connectivity index (χ3n) is 9.24. The van der Waals surface area contributed by atoms with Crippen LogP contribution < -0.4 is 10.5 Å². The number of benzene rings is 1. The van der Waals surface area contributed by atoms with Gasteiger partial charge in [-0.2, -0.15) is 13.5 Å². The first-order valence-electron chi connectivity index (χ1n) is 15.7. The number of carbonyl (C=O) groups is 1. The summed E-state index contributed by atoms with van der Waals surface area (Å²) in [5.41, 5.74) is 8.47. The molecule has 6 rings (SSSR count). The third-order valence-corrected chi connectivity index (χ3v) is 9.24. The molecule has 230 valence electrons. The average molecular weight is 604 g/mol. The number of hydrogen-bond donors (Lipinski definition) is 2. The molecule has 1 aromatic carbocycles. The molecule has 2 aromatic heterocycles. The Morgan fingerprint density at radius 3 is 2.51 bits per heavy atom. The van der Waals surface area contributed by atoms with Gasteiger partial charge >= 0.3 is 0 Å². The largest absolute Gasteiger partial charge is 0.439 e. The van der Waals surface area contributed by atoms with E-state index in [0.29, 0.717) is 37.3 Å². The van der Waals surface area contributed by atoms with E-state index in [9.17, 15) is 4.79 Å². The molecule has 1 amide bonds. The predicted molar refractivity (Wildman–Crippen MR) is 174 cm³/mol. The summed E-state index contributed by atoms with van der Waals surface area (Å²) in [7, 11) is 0. The van der Waals surface area contributed by atoms with Crippen LogP contribution >= 0.6 is 13.5 Å². The second-order valence-corrected chi connectivity index (χ2v) is 12.0. The lowest BCUT2D eigenvalue weighted by Crippen LogP contribution is -2.50. The van der Waals surface area contributed by atoms with E-state index in [4.69, 9.17) is 15.5 Å². The van der Waals surface area contributed by atoms with Gasteiger partial charge in [0.25, 0.3) is 0 Å². The number of nitrogens with one attached hydrogen (secondary N) is 1. The van der Waals surface area contributed by atoms with Crippen molar-refractivity contribution in [3.8, 4) is 11.6 Å². The van der Waals surface area contributed by atoms with Crippen molar-refractivity contribution in [2.24, 2.45) is 16.6 Å². The SMILES string of the molecule is NC1=Nc2cnc(Oc3ccccc3)cc2CN1[C@@H](CCC(=O)N(Cc1ncc[nH]1)C1CCCCC1)C1CCCCC1.S. The van der Waals surface area contributed by atoms with Crippen LogP contribution in [0.3, 0.4) is 0 Å². The van der Waals surface area contributed by atoms with Crippen LogP contribution in [-0.2, 0) is 17.9 Å². The van der Waals surface area contributed by atoms with Crippen molar-refractivity contribution in [2.45, 2.75) is 102 Å². The summed E-state index contributed by atoms with van der Waals surface area (Å²) in [6.07, 6.45) is 18.4. The molecule has 2 saturated carbocycles. The van der Waals surface area contributed by atoms with Gasteiger partial charge in [0.2, 0.25) is 11.8 Å². The molecule has 3 aliphatic rings. The maximum absolute atomic E-state index is 13.9. The lowest BCUT2D eigenvalue weighted by molar-refractivity contribution is -0.135. The van der Waals surface area contributed by atoms with Crippen LogP contribution in [-0.4, -0.2) is 48.7 Å². The molecular formula is C33H45N7O2S. The number of nitrogens with two attached hydrogens (primary N) is 1. The zero-order valence-electron chi connectivity index (χ0n) is 25.0. The molecule has 0 spiro atoms. The van der Waals surface area contributed by atoms with Crippen LogP contribution in [0.1, 0.15) is 88.4 Å². The zero-order valence-corrected chi connectivity index (χ0v) is 26.0. The Balaban J connectivity index is 0.00000368. The molecule has 43 heavy (non-hydrogen) atoms. The van der Waals surface area contributed by atoms with Crippen molar-refractivity contribution < 1.29 is 9.53 Å². The van der Waals surface area contributed by atoms with E-state index < -0.39 is 0 Å². The molecule has 0 unspecified atom stereocenters. The summed E-state index contributed by atoms with van der Waals surface area (Å²) in [6, 6.07) is 12.1. The monoisotopic (exact) mass is 603 g/mol. The maximum atomic E-state index is 13.9. The second-order valence-electron chi connectivity index (χ2n) is 12.0. The number of guanidine groups is 1. The van der Waals surface area contributed by atoms with E-state index in [2.05, 4.69) is 24.8 Å². The molecule has 1 atom stereocenters. The number of nitrogens with zero attached hydrogens (tertiary/aromatic N) is 5. The summed E-state index contributed by atoms with van der Waals surface area (Å²) < 4.78 is 6.02. The van der Waals surface area contributed by atoms with Crippen LogP contribution in [0.15, 0.2) is 60.0 Å². The van der Waals surface area contributed by atoms with Crippen molar-refractivity contribution in [1.82, 2.24) is 24.8 Å². The number of aliphatic imine (C=N–C) groups is 1. The number of pyridine rings is 1. The first-order valence-corrected chi connectivity index (χ1v) is 15.7. The lowest BCUT2D eigenvalue weighted by Gasteiger charge is -2.41. The summed E-state index contributed by atoms with van der Waals surface area (Å²) >= 11 is 0. The lowest BCUT2D eigenvalue weighted by atomic mass is 9.81. The molecule has 0 saturated heterocycles. The number of fused-ring (bicyclic) bond motifs is 1. The van der Waals surface area contributed by atoms with Crippen LogP contribution in [0, 0.1) is 5.92 Å². The minimum absolute atomic E-state index is 0. The summed E-state index contributed by atoms with van der Waals surface area (Å²) in [5.74, 6) is 3.36. The number of para-hydroxylation sites is 1. The highest BCUT2D eigenvalue weighted by atomic mass is 32.1. The van der Waals surface area contributed by atoms with E-state index in [1.165, 1.54) is 38.5 Å². The number of rotatable bonds is 10. The van der Waals surface area contributed by atoms with Crippen molar-refractivity contribution in [2.75, 3.05) is 0 Å². The number of aromatic amines is 1. The van der Waals surface area contributed by atoms with E-state index in [1.54, 1.807) is 12.4 Å². The van der Waals surface area contributed by atoms with Gasteiger partial charge in [-0.25, -0.2) is 15.0 Å². The quantitative estimate of drug-likeness (QED) is 0.271. The van der Waals surface area contributed by atoms with E-state index >= 15 is 0 Å². The molecule has 3 heterocycles. The Morgan fingerprint density at radius 1 is 1.05 bits per heavy atom. The zero-order chi connectivity index (χ0) is 28.7. The Kier molecular flexibility index (Phi) is 10.6. The van der Waals surface area contributed by atoms with Gasteiger partial charge in [-0.15, -0.1) is 0 Å². The van der Waals surface area contributed by atoms with Gasteiger partial charge in [0, 0.05) is 49.1 Å². The van der Waals surface area contributed by atoms with Crippen molar-refractivity contribution in [1.29, 1.82) is 0 Å². The number of ether oxygens (including phenoxy) is 1. The van der Waals surface area contributed by atoms with Gasteiger partial charge in [-0.05, 0) is 50.2 Å². The van der Waals surface area contributed by atoms with Gasteiger partial charge in [0.15, 0.2) is 5.96 Å². The van der Waals surface area contributed by atoms with E-state index in [-0.39, 0.29) is 31.5 Å². The topological polar surface area (TPSA) is 113 Å². The predicted octanol–water partition coefficient (Wildman–Crippen LogP) is 6.56. The maximum Gasteiger partial charge on any atom is 0.223 e. The van der Waals surface area contributed by atoms with Crippen LogP contribution in [0.2, 0.25) is 0 Å². The van der Waals surface area contributed by atoms with E-state index in [0.717, 1.165) is 54.9 Å². The fourth-order valence-electron chi connectivity index (χ4n) is 7.04. The molecule has 9 nitrogen and oxygen atoms in total. The van der Waals surface area contributed by atoms with Gasteiger partial charge in [-0.1, -0.05) is 56.7 Å². The molecule has 2 fully saturated rings. The number of aromatic nitrogens is 3. The van der Waals surface area contributed by atoms with Crippen molar-refractivity contribution in [3.05, 3.63) is 66.4 Å². The first kappa shape index (κ1) is 30.9. The highest BCUT2D eigenvalue weighted by Crippen LogP contribution is 2.36. The summed E-state index contributed by atoms with van der Waals surface area (Å²) in [6.45, 7) is 1.18. The highest BCUT2D eigenvalue weighted by molar-refractivity contribution is 7.59. The standard InChI is InChI=1S/C33H43N7O2.H2S/c34-33-38-28-21-37-31(42-27-14-8-3-9-15-27)20-25(28)22-40(33)29(24-10-4-1-5-11-24)16-17-32(41)39(23-30-35-18-19-36-30)26-12-6-2-7-13-26;/h3,8-9,14-15,18-21,24,26,29H,1-2,4-7,10-13,16-17,22-23H2,(H2,34,38)(H,35,36);1H2/t29-;/m0./s1. The van der Waals surface area contributed by atoms with Gasteiger partial charge in [-0.3, -0.25) is 4.79 Å². The minimum Gasteiger partial charge on any atom is -0.439 e. The Morgan fingerprint density at radius 2 is 1.79 bits per heavy atom. The summed E-state index contributed by atoms with van der Waals surface area (Å²) in [5, 5.41) is 0. The fraction of sp³-hybridized carbons (Fsp3) is 0.515. The number of amides is 1. The molecule has 10 heteroatoms. The first-order chi connectivity index (χ1) is 20.6. The van der Waals surface area contributed by atoms with Crippen LogP contribution in [0.4, 0.5) is 5.69 Å². The molecule has 1 aliphatic heterocycles. The third kappa shape index (κ3) is 7.71. The highest BCUT2D eigenvalue weighted by Gasteiger charge is 2.34. The average Bonchev–Trinajstić information content (AvgIpc) is 3.55. The molecule has 3 N–H and O–H groups in total. The number of carbonyl (C=O) groups excluding carboxylic acids is 1. The van der Waals surface area contributed by atoms with Crippen LogP contribution in [0.5, 0.6) is 11.6 Å². The second kappa shape index (κ2) is 14.8. The Labute approximate surface area is 261 Å². The smallest absolute Gasteiger partial charge is 0.223 e. The number of imidazole rings is 1. The molecule has 3 aromatic rings. The molecule has 0 radical (unpaired) electrons. The van der Waals surface area contributed by atoms with E-state index in [1.807, 2.05) is 42.6 Å². The van der Waals surface area contributed by atoms with Gasteiger partial charge in [0.1, 0.15) is 11.6 Å². The van der Waals surface area contributed by atoms with Crippen LogP contribution in [0.25, 0.3) is 0 Å². The molecule has 0 bridgehead atoms. The van der Waals surface area contributed by atoms with Gasteiger partial charge < -0.3 is 25.3 Å². The Hall–Kier alpha value is -3.53. The molecular weight excluding hydrogens is 558 g/mol.